The summed E-state index contributed by atoms with van der Waals surface area (Å²) in [4.78, 5) is 0. The highest BCUT2D eigenvalue weighted by molar-refractivity contribution is 7.89. The third kappa shape index (κ3) is 3.57. The summed E-state index contributed by atoms with van der Waals surface area (Å²) in [7, 11) is -2.94. The molecule has 0 aliphatic heterocycles. The minimum Gasteiger partial charge on any atom is -0.326 e. The Labute approximate surface area is 78.5 Å². The SMILES string of the molecule is CS(=O)(=O)Cc1cccc(CN)c1. The Morgan fingerprint density at radius 1 is 1.31 bits per heavy atom. The van der Waals surface area contributed by atoms with Crippen LogP contribution in [-0.2, 0) is 22.1 Å². The lowest BCUT2D eigenvalue weighted by molar-refractivity contribution is 0.601. The number of hydrogen-bond acceptors (Lipinski definition) is 3. The Balaban J connectivity index is 2.90. The van der Waals surface area contributed by atoms with E-state index in [1.807, 2.05) is 18.2 Å². The van der Waals surface area contributed by atoms with Crippen molar-refractivity contribution in [3.63, 3.8) is 0 Å². The average molecular weight is 199 g/mol. The molecule has 1 rings (SSSR count). The van der Waals surface area contributed by atoms with Gasteiger partial charge in [0.05, 0.1) is 5.75 Å². The molecule has 13 heavy (non-hydrogen) atoms. The van der Waals surface area contributed by atoms with Crippen LogP contribution in [0.15, 0.2) is 24.3 Å². The second-order valence-corrected chi connectivity index (χ2v) is 5.23. The van der Waals surface area contributed by atoms with Gasteiger partial charge in [-0.15, -0.1) is 0 Å². The monoisotopic (exact) mass is 199 g/mol. The van der Waals surface area contributed by atoms with Crippen molar-refractivity contribution in [2.75, 3.05) is 6.26 Å². The van der Waals surface area contributed by atoms with Gasteiger partial charge >= 0.3 is 0 Å². The molecule has 0 saturated carbocycles. The Morgan fingerprint density at radius 2 is 1.92 bits per heavy atom. The van der Waals surface area contributed by atoms with Gasteiger partial charge in [0, 0.05) is 12.8 Å². The minimum atomic E-state index is -2.94. The molecule has 0 fully saturated rings. The molecule has 3 nitrogen and oxygen atoms in total. The van der Waals surface area contributed by atoms with Crippen molar-refractivity contribution >= 4 is 9.84 Å². The molecule has 0 amide bonds. The molecule has 0 aliphatic rings. The molecule has 0 aromatic heterocycles. The van der Waals surface area contributed by atoms with E-state index in [-0.39, 0.29) is 5.75 Å². The first-order valence-corrected chi connectivity index (χ1v) is 6.03. The Morgan fingerprint density at radius 3 is 2.46 bits per heavy atom. The summed E-state index contributed by atoms with van der Waals surface area (Å²) in [5.74, 6) is 0.0842. The molecule has 0 unspecified atom stereocenters. The molecule has 0 spiro atoms. The van der Waals surface area contributed by atoms with Gasteiger partial charge in [0.15, 0.2) is 9.84 Å². The first-order chi connectivity index (χ1) is 6.01. The van der Waals surface area contributed by atoms with E-state index in [1.54, 1.807) is 6.07 Å². The lowest BCUT2D eigenvalue weighted by atomic mass is 10.1. The van der Waals surface area contributed by atoms with Crippen LogP contribution in [0.4, 0.5) is 0 Å². The fraction of sp³-hybridized carbons (Fsp3) is 0.333. The maximum atomic E-state index is 11.0. The fourth-order valence-electron chi connectivity index (χ4n) is 1.15. The van der Waals surface area contributed by atoms with E-state index in [0.717, 1.165) is 11.1 Å². The van der Waals surface area contributed by atoms with Crippen molar-refractivity contribution in [1.82, 2.24) is 0 Å². The summed E-state index contributed by atoms with van der Waals surface area (Å²) in [6.45, 7) is 0.442. The van der Waals surface area contributed by atoms with Crippen LogP contribution in [0.25, 0.3) is 0 Å². The van der Waals surface area contributed by atoms with E-state index < -0.39 is 9.84 Å². The zero-order valence-corrected chi connectivity index (χ0v) is 8.34. The fourth-order valence-corrected chi connectivity index (χ4v) is 1.93. The van der Waals surface area contributed by atoms with Gasteiger partial charge in [-0.2, -0.15) is 0 Å². The van der Waals surface area contributed by atoms with Crippen LogP contribution >= 0.6 is 0 Å². The van der Waals surface area contributed by atoms with Gasteiger partial charge in [0.2, 0.25) is 0 Å². The predicted molar refractivity (Wildman–Crippen MR) is 52.9 cm³/mol. The van der Waals surface area contributed by atoms with E-state index in [0.29, 0.717) is 6.54 Å². The van der Waals surface area contributed by atoms with Gasteiger partial charge in [-0.25, -0.2) is 8.42 Å². The molecule has 0 atom stereocenters. The van der Waals surface area contributed by atoms with E-state index in [9.17, 15) is 8.42 Å². The van der Waals surface area contributed by atoms with Gasteiger partial charge in [-0.3, -0.25) is 0 Å². The van der Waals surface area contributed by atoms with Gasteiger partial charge in [-0.05, 0) is 11.1 Å². The summed E-state index contributed by atoms with van der Waals surface area (Å²) in [6, 6.07) is 7.32. The van der Waals surface area contributed by atoms with E-state index in [2.05, 4.69) is 0 Å². The second-order valence-electron chi connectivity index (χ2n) is 3.09. The number of hydrogen-bond donors (Lipinski definition) is 1. The van der Waals surface area contributed by atoms with Crippen molar-refractivity contribution in [2.24, 2.45) is 5.73 Å². The number of nitrogens with two attached hydrogens (primary N) is 1. The Hall–Kier alpha value is -0.870. The molecule has 0 bridgehead atoms. The van der Waals surface area contributed by atoms with Gasteiger partial charge in [0.1, 0.15) is 0 Å². The lowest BCUT2D eigenvalue weighted by Crippen LogP contribution is -2.02. The Kier molecular flexibility index (Phi) is 3.06. The molecular formula is C9H13NO2S. The van der Waals surface area contributed by atoms with Crippen LogP contribution in [0.1, 0.15) is 11.1 Å². The minimum absolute atomic E-state index is 0.0842. The summed E-state index contributed by atoms with van der Waals surface area (Å²) in [6.07, 6.45) is 1.22. The highest BCUT2D eigenvalue weighted by atomic mass is 32.2. The first kappa shape index (κ1) is 10.2. The van der Waals surface area contributed by atoms with Crippen molar-refractivity contribution in [2.45, 2.75) is 12.3 Å². The van der Waals surface area contributed by atoms with Crippen LogP contribution in [0, 0.1) is 0 Å². The van der Waals surface area contributed by atoms with Gasteiger partial charge < -0.3 is 5.73 Å². The number of rotatable bonds is 3. The molecule has 1 aromatic carbocycles. The summed E-state index contributed by atoms with van der Waals surface area (Å²) in [5.41, 5.74) is 7.19. The summed E-state index contributed by atoms with van der Waals surface area (Å²) >= 11 is 0. The van der Waals surface area contributed by atoms with Crippen LogP contribution in [0.2, 0.25) is 0 Å². The largest absolute Gasteiger partial charge is 0.326 e. The van der Waals surface area contributed by atoms with E-state index >= 15 is 0 Å². The molecule has 0 aliphatic carbocycles. The summed E-state index contributed by atoms with van der Waals surface area (Å²) < 4.78 is 21.9. The van der Waals surface area contributed by atoms with Crippen LogP contribution in [0.5, 0.6) is 0 Å². The highest BCUT2D eigenvalue weighted by Gasteiger charge is 2.03. The smallest absolute Gasteiger partial charge is 0.151 e. The second kappa shape index (κ2) is 3.89. The number of benzene rings is 1. The quantitative estimate of drug-likeness (QED) is 0.779. The van der Waals surface area contributed by atoms with Crippen LogP contribution in [0.3, 0.4) is 0 Å². The molecule has 72 valence electrons. The molecule has 0 saturated heterocycles. The standard InChI is InChI=1S/C9H13NO2S/c1-13(11,12)7-9-4-2-3-8(5-9)6-10/h2-5H,6-7,10H2,1H3. The average Bonchev–Trinajstić information content (AvgIpc) is 2.01. The normalized spacial score (nSPS) is 11.5. The van der Waals surface area contributed by atoms with Crippen LogP contribution < -0.4 is 5.73 Å². The maximum absolute atomic E-state index is 11.0. The topological polar surface area (TPSA) is 60.2 Å². The zero-order chi connectivity index (χ0) is 9.90. The maximum Gasteiger partial charge on any atom is 0.151 e. The lowest BCUT2D eigenvalue weighted by Gasteiger charge is -2.01. The molecule has 0 radical (unpaired) electrons. The molecule has 4 heteroatoms. The van der Waals surface area contributed by atoms with Crippen molar-refractivity contribution in [3.05, 3.63) is 35.4 Å². The first-order valence-electron chi connectivity index (χ1n) is 3.97. The molecule has 1 aromatic rings. The van der Waals surface area contributed by atoms with E-state index in [4.69, 9.17) is 5.73 Å². The number of sulfone groups is 1. The Bertz CT molecular complexity index is 384. The zero-order valence-electron chi connectivity index (χ0n) is 7.53. The summed E-state index contributed by atoms with van der Waals surface area (Å²) in [5, 5.41) is 0. The van der Waals surface area contributed by atoms with E-state index in [1.165, 1.54) is 6.26 Å². The third-order valence-electron chi connectivity index (χ3n) is 1.66. The molecule has 2 N–H and O–H groups in total. The van der Waals surface area contributed by atoms with Crippen molar-refractivity contribution < 1.29 is 8.42 Å². The highest BCUT2D eigenvalue weighted by Crippen LogP contribution is 2.07. The van der Waals surface area contributed by atoms with Crippen molar-refractivity contribution in [3.8, 4) is 0 Å². The predicted octanol–water partition coefficient (Wildman–Crippen LogP) is 0.690. The van der Waals surface area contributed by atoms with Crippen molar-refractivity contribution in [1.29, 1.82) is 0 Å². The molecule has 0 heterocycles. The van der Waals surface area contributed by atoms with Gasteiger partial charge in [-0.1, -0.05) is 24.3 Å². The van der Waals surface area contributed by atoms with Gasteiger partial charge in [0.25, 0.3) is 0 Å². The molecular weight excluding hydrogens is 186 g/mol. The third-order valence-corrected chi connectivity index (χ3v) is 2.51. The van der Waals surface area contributed by atoms with Crippen LogP contribution in [-0.4, -0.2) is 14.7 Å².